The highest BCUT2D eigenvalue weighted by Gasteiger charge is 2.17. The van der Waals surface area contributed by atoms with Crippen LogP contribution in [0, 0.1) is 0 Å². The first-order chi connectivity index (χ1) is 10.6. The third kappa shape index (κ3) is 2.71. The van der Waals surface area contributed by atoms with Gasteiger partial charge < -0.3 is 4.74 Å². The largest absolute Gasteiger partial charge is 0.438 e. The van der Waals surface area contributed by atoms with Crippen molar-refractivity contribution in [3.05, 3.63) is 46.7 Å². The molecule has 0 aliphatic heterocycles. The number of fused-ring (bicyclic) bond motifs is 1. The average molecular weight is 325 g/mol. The highest BCUT2D eigenvalue weighted by molar-refractivity contribution is 6.31. The van der Waals surface area contributed by atoms with Crippen LogP contribution in [0.25, 0.3) is 5.65 Å². The topological polar surface area (TPSA) is 52.3 Å². The summed E-state index contributed by atoms with van der Waals surface area (Å²) < 4.78 is 32.2. The van der Waals surface area contributed by atoms with Crippen molar-refractivity contribution in [3.63, 3.8) is 0 Å². The van der Waals surface area contributed by atoms with E-state index in [4.69, 9.17) is 16.3 Å². The molecule has 3 rings (SSSR count). The first-order valence-corrected chi connectivity index (χ1v) is 6.93. The van der Waals surface area contributed by atoms with E-state index in [-0.39, 0.29) is 11.5 Å². The summed E-state index contributed by atoms with van der Waals surface area (Å²) in [6.45, 7) is 1.97. The third-order valence-electron chi connectivity index (χ3n) is 3.08. The van der Waals surface area contributed by atoms with Gasteiger partial charge >= 0.3 is 0 Å². The van der Waals surface area contributed by atoms with Crippen molar-refractivity contribution in [2.24, 2.45) is 0 Å². The molecule has 0 bridgehead atoms. The fourth-order valence-corrected chi connectivity index (χ4v) is 2.24. The Kier molecular flexibility index (Phi) is 3.89. The number of halogens is 3. The standard InChI is InChI=1S/C14H11ClF2N4O/c1-2-8-7-9(3-4-10(8)15)22-12-6-5-11-18-19-14(13(16)17)21(11)20-12/h3-7,13H,2H2,1H3. The van der Waals surface area contributed by atoms with E-state index >= 15 is 0 Å². The predicted octanol–water partition coefficient (Wildman–Crippen LogP) is 4.07. The molecule has 0 aliphatic carbocycles. The quantitative estimate of drug-likeness (QED) is 0.726. The van der Waals surface area contributed by atoms with Gasteiger partial charge in [0.2, 0.25) is 11.7 Å². The minimum Gasteiger partial charge on any atom is -0.438 e. The van der Waals surface area contributed by atoms with Crippen molar-refractivity contribution in [1.29, 1.82) is 0 Å². The molecule has 0 aliphatic rings. The van der Waals surface area contributed by atoms with E-state index in [0.717, 1.165) is 16.5 Å². The second kappa shape index (κ2) is 5.84. The number of benzene rings is 1. The third-order valence-corrected chi connectivity index (χ3v) is 3.45. The van der Waals surface area contributed by atoms with Crippen molar-refractivity contribution in [1.82, 2.24) is 19.8 Å². The van der Waals surface area contributed by atoms with Gasteiger partial charge in [-0.2, -0.15) is 4.52 Å². The molecule has 5 nitrogen and oxygen atoms in total. The van der Waals surface area contributed by atoms with Gasteiger partial charge in [0.25, 0.3) is 6.43 Å². The van der Waals surface area contributed by atoms with Gasteiger partial charge in [-0.15, -0.1) is 15.3 Å². The van der Waals surface area contributed by atoms with Gasteiger partial charge in [-0.3, -0.25) is 0 Å². The fraction of sp³-hybridized carbons (Fsp3) is 0.214. The predicted molar refractivity (Wildman–Crippen MR) is 76.6 cm³/mol. The highest BCUT2D eigenvalue weighted by Crippen LogP contribution is 2.26. The molecule has 0 unspecified atom stereocenters. The lowest BCUT2D eigenvalue weighted by Crippen LogP contribution is -2.01. The molecule has 0 spiro atoms. The molecular formula is C14H11ClF2N4O. The molecule has 0 atom stereocenters. The Morgan fingerprint density at radius 1 is 1.23 bits per heavy atom. The summed E-state index contributed by atoms with van der Waals surface area (Å²) in [6.07, 6.45) is -2.01. The Labute approximate surface area is 129 Å². The van der Waals surface area contributed by atoms with Gasteiger partial charge in [0, 0.05) is 11.1 Å². The Balaban J connectivity index is 1.95. The van der Waals surface area contributed by atoms with E-state index in [2.05, 4.69) is 15.3 Å². The van der Waals surface area contributed by atoms with Crippen LogP contribution in [-0.2, 0) is 6.42 Å². The minimum absolute atomic E-state index is 0.165. The lowest BCUT2D eigenvalue weighted by molar-refractivity contribution is 0.137. The number of hydrogen-bond acceptors (Lipinski definition) is 4. The van der Waals surface area contributed by atoms with E-state index in [1.54, 1.807) is 24.3 Å². The lowest BCUT2D eigenvalue weighted by Gasteiger charge is -2.08. The maximum Gasteiger partial charge on any atom is 0.299 e. The minimum atomic E-state index is -2.76. The number of nitrogens with zero attached hydrogens (tertiary/aromatic N) is 4. The average Bonchev–Trinajstić information content (AvgIpc) is 2.92. The molecule has 0 amide bonds. The molecule has 0 radical (unpaired) electrons. The number of aromatic nitrogens is 4. The fourth-order valence-electron chi connectivity index (χ4n) is 1.99. The van der Waals surface area contributed by atoms with Crippen LogP contribution >= 0.6 is 11.6 Å². The Morgan fingerprint density at radius 3 is 2.77 bits per heavy atom. The zero-order valence-electron chi connectivity index (χ0n) is 11.5. The summed E-state index contributed by atoms with van der Waals surface area (Å²) >= 11 is 6.04. The number of alkyl halides is 2. The normalized spacial score (nSPS) is 11.3. The maximum absolute atomic E-state index is 12.8. The summed E-state index contributed by atoms with van der Waals surface area (Å²) in [4.78, 5) is 0. The molecule has 2 heterocycles. The van der Waals surface area contributed by atoms with Crippen molar-refractivity contribution < 1.29 is 13.5 Å². The van der Waals surface area contributed by atoms with E-state index < -0.39 is 12.2 Å². The van der Waals surface area contributed by atoms with Gasteiger partial charge in [-0.25, -0.2) is 8.78 Å². The Hall–Kier alpha value is -2.28. The molecule has 0 saturated carbocycles. The highest BCUT2D eigenvalue weighted by atomic mass is 35.5. The zero-order chi connectivity index (χ0) is 15.7. The Morgan fingerprint density at radius 2 is 2.05 bits per heavy atom. The van der Waals surface area contributed by atoms with Crippen LogP contribution in [0.2, 0.25) is 5.02 Å². The van der Waals surface area contributed by atoms with Crippen molar-refractivity contribution in [3.8, 4) is 11.6 Å². The molecule has 2 aromatic heterocycles. The van der Waals surface area contributed by atoms with E-state index in [9.17, 15) is 8.78 Å². The van der Waals surface area contributed by atoms with Crippen LogP contribution in [0.3, 0.4) is 0 Å². The van der Waals surface area contributed by atoms with Crippen LogP contribution in [0.4, 0.5) is 8.78 Å². The second-order valence-corrected chi connectivity index (χ2v) is 4.92. The van der Waals surface area contributed by atoms with Crippen molar-refractivity contribution in [2.45, 2.75) is 19.8 Å². The zero-order valence-corrected chi connectivity index (χ0v) is 12.3. The first kappa shape index (κ1) is 14.6. The molecule has 8 heteroatoms. The van der Waals surface area contributed by atoms with Crippen molar-refractivity contribution in [2.75, 3.05) is 0 Å². The Bertz CT molecular complexity index is 822. The molecule has 0 fully saturated rings. The molecule has 0 N–H and O–H groups in total. The number of hydrogen-bond donors (Lipinski definition) is 0. The summed E-state index contributed by atoms with van der Waals surface area (Å²) in [6, 6.07) is 8.25. The van der Waals surface area contributed by atoms with Gasteiger partial charge in [0.1, 0.15) is 5.75 Å². The SMILES string of the molecule is CCc1cc(Oc2ccc3nnc(C(F)F)n3n2)ccc1Cl. The molecule has 114 valence electrons. The summed E-state index contributed by atoms with van der Waals surface area (Å²) in [7, 11) is 0. The number of rotatable bonds is 4. The molecule has 0 saturated heterocycles. The summed E-state index contributed by atoms with van der Waals surface area (Å²) in [5, 5.41) is 11.7. The van der Waals surface area contributed by atoms with E-state index in [1.807, 2.05) is 6.92 Å². The number of ether oxygens (including phenoxy) is 1. The first-order valence-electron chi connectivity index (χ1n) is 6.55. The van der Waals surface area contributed by atoms with Crippen molar-refractivity contribution >= 4 is 17.2 Å². The lowest BCUT2D eigenvalue weighted by atomic mass is 10.1. The molecule has 22 heavy (non-hydrogen) atoms. The monoisotopic (exact) mass is 324 g/mol. The summed E-state index contributed by atoms with van der Waals surface area (Å²) in [5.41, 5.74) is 1.16. The van der Waals surface area contributed by atoms with Crippen LogP contribution in [-0.4, -0.2) is 19.8 Å². The number of aryl methyl sites for hydroxylation is 1. The maximum atomic E-state index is 12.8. The second-order valence-electron chi connectivity index (χ2n) is 4.51. The van der Waals surface area contributed by atoms with E-state index in [0.29, 0.717) is 10.8 Å². The van der Waals surface area contributed by atoms with E-state index in [1.165, 1.54) is 6.07 Å². The molecule has 3 aromatic rings. The van der Waals surface area contributed by atoms with Gasteiger partial charge in [0.05, 0.1) is 0 Å². The molecular weight excluding hydrogens is 314 g/mol. The van der Waals surface area contributed by atoms with Crippen LogP contribution < -0.4 is 4.74 Å². The van der Waals surface area contributed by atoms with Gasteiger partial charge in [-0.1, -0.05) is 18.5 Å². The smallest absolute Gasteiger partial charge is 0.299 e. The van der Waals surface area contributed by atoms with Gasteiger partial charge in [0.15, 0.2) is 5.65 Å². The van der Waals surface area contributed by atoms with Crippen LogP contribution in [0.5, 0.6) is 11.6 Å². The van der Waals surface area contributed by atoms with Crippen LogP contribution in [0.15, 0.2) is 30.3 Å². The molecule has 1 aromatic carbocycles. The summed E-state index contributed by atoms with van der Waals surface area (Å²) in [5.74, 6) is 0.171. The van der Waals surface area contributed by atoms with Gasteiger partial charge in [-0.05, 0) is 36.2 Å². The van der Waals surface area contributed by atoms with Crippen LogP contribution in [0.1, 0.15) is 24.7 Å².